The van der Waals surface area contributed by atoms with Gasteiger partial charge in [0.15, 0.2) is 21.5 Å². The molecule has 0 unspecified atom stereocenters. The van der Waals surface area contributed by atoms with Crippen molar-refractivity contribution in [2.45, 2.75) is 68.0 Å². The number of nitrogens with two attached hydrogens (primary N) is 1. The van der Waals surface area contributed by atoms with E-state index in [1.165, 1.54) is 12.1 Å². The first-order valence-electron chi connectivity index (χ1n) is 12.9. The molecule has 0 aromatic heterocycles. The Kier molecular flexibility index (Phi) is 7.25. The third-order valence-corrected chi connectivity index (χ3v) is 9.87. The summed E-state index contributed by atoms with van der Waals surface area (Å²) < 4.78 is 66.9. The van der Waals surface area contributed by atoms with Gasteiger partial charge in [-0.05, 0) is 73.8 Å². The monoisotopic (exact) mass is 549 g/mol. The second-order valence-electron chi connectivity index (χ2n) is 10.5. The minimum absolute atomic E-state index is 0.0205. The summed E-state index contributed by atoms with van der Waals surface area (Å²) in [6.07, 6.45) is 3.23. The molecule has 5 rings (SSSR count). The van der Waals surface area contributed by atoms with Crippen LogP contribution >= 0.6 is 0 Å². The second kappa shape index (κ2) is 10.3. The molecule has 3 aliphatic heterocycles. The Morgan fingerprint density at radius 1 is 1.05 bits per heavy atom. The number of rotatable bonds is 7. The lowest BCUT2D eigenvalue weighted by Gasteiger charge is -2.41. The van der Waals surface area contributed by atoms with Crippen LogP contribution in [-0.2, 0) is 27.5 Å². The highest BCUT2D eigenvalue weighted by Crippen LogP contribution is 2.40. The van der Waals surface area contributed by atoms with Crippen LogP contribution in [0, 0.1) is 23.4 Å². The third-order valence-electron chi connectivity index (χ3n) is 8.16. The highest BCUT2D eigenvalue weighted by Gasteiger charge is 2.44. The van der Waals surface area contributed by atoms with Crippen molar-refractivity contribution in [2.75, 3.05) is 12.3 Å². The fourth-order valence-corrected chi connectivity index (χ4v) is 7.42. The van der Waals surface area contributed by atoms with Gasteiger partial charge in [0.05, 0.1) is 10.6 Å². The van der Waals surface area contributed by atoms with Crippen molar-refractivity contribution < 1.29 is 31.2 Å². The van der Waals surface area contributed by atoms with E-state index < -0.39 is 33.3 Å². The Morgan fingerprint density at radius 3 is 2.45 bits per heavy atom. The van der Waals surface area contributed by atoms with Gasteiger partial charge in [-0.15, -0.1) is 0 Å². The van der Waals surface area contributed by atoms with Gasteiger partial charge in [-0.3, -0.25) is 9.59 Å². The zero-order valence-electron chi connectivity index (χ0n) is 20.8. The highest BCUT2D eigenvalue weighted by atomic mass is 32.2. The molecular weight excluding hydrogens is 519 g/mol. The van der Waals surface area contributed by atoms with E-state index in [1.807, 2.05) is 0 Å². The van der Waals surface area contributed by atoms with Crippen LogP contribution in [0.5, 0.6) is 0 Å². The van der Waals surface area contributed by atoms with Crippen LogP contribution in [0.3, 0.4) is 0 Å². The SMILES string of the molecule is N[C@H](Cc1cc(F)c(F)cc1F)[C@H]1C[C@H]2CC[C@@H](C1)N2C(=O)CCS(=O)(=O)c1ccc2c(c1)C(=O)NCC2. The predicted molar refractivity (Wildman–Crippen MR) is 134 cm³/mol. The summed E-state index contributed by atoms with van der Waals surface area (Å²) in [5.74, 6) is -4.14. The van der Waals surface area contributed by atoms with Crippen LogP contribution < -0.4 is 11.1 Å². The summed E-state index contributed by atoms with van der Waals surface area (Å²) in [7, 11) is -3.78. The van der Waals surface area contributed by atoms with Gasteiger partial charge >= 0.3 is 0 Å². The third kappa shape index (κ3) is 5.18. The van der Waals surface area contributed by atoms with Crippen molar-refractivity contribution in [3.63, 3.8) is 0 Å². The molecule has 3 aliphatic rings. The maximum Gasteiger partial charge on any atom is 0.251 e. The van der Waals surface area contributed by atoms with Crippen molar-refractivity contribution >= 4 is 21.7 Å². The van der Waals surface area contributed by atoms with Crippen molar-refractivity contribution in [3.8, 4) is 0 Å². The van der Waals surface area contributed by atoms with Crippen LogP contribution in [0.25, 0.3) is 0 Å². The minimum atomic E-state index is -3.78. The Balaban J connectivity index is 1.20. The predicted octanol–water partition coefficient (Wildman–Crippen LogP) is 2.89. The Labute approximate surface area is 219 Å². The van der Waals surface area contributed by atoms with E-state index in [4.69, 9.17) is 5.73 Å². The normalized spacial score (nSPS) is 23.6. The van der Waals surface area contributed by atoms with Gasteiger partial charge in [0.1, 0.15) is 5.82 Å². The molecule has 2 saturated heterocycles. The van der Waals surface area contributed by atoms with Gasteiger partial charge < -0.3 is 16.0 Å². The van der Waals surface area contributed by atoms with Crippen LogP contribution in [0.2, 0.25) is 0 Å². The Bertz CT molecular complexity index is 1370. The molecule has 2 amide bonds. The fourth-order valence-electron chi connectivity index (χ4n) is 6.17. The number of fused-ring (bicyclic) bond motifs is 3. The van der Waals surface area contributed by atoms with E-state index in [1.54, 1.807) is 11.0 Å². The van der Waals surface area contributed by atoms with Gasteiger partial charge in [-0.25, -0.2) is 21.6 Å². The zero-order chi connectivity index (χ0) is 27.2. The summed E-state index contributed by atoms with van der Waals surface area (Å²) in [5, 5.41) is 2.71. The number of nitrogens with zero attached hydrogens (tertiary/aromatic N) is 1. The number of carbonyl (C=O) groups excluding carboxylic acids is 2. The molecule has 3 heterocycles. The van der Waals surface area contributed by atoms with Gasteiger partial charge in [0, 0.05) is 42.7 Å². The first-order valence-corrected chi connectivity index (χ1v) is 14.5. The number of halogens is 3. The summed E-state index contributed by atoms with van der Waals surface area (Å²) in [4.78, 5) is 27.1. The molecule has 11 heteroatoms. The largest absolute Gasteiger partial charge is 0.352 e. The van der Waals surface area contributed by atoms with Crippen LogP contribution in [0.15, 0.2) is 35.2 Å². The molecule has 0 saturated carbocycles. The average molecular weight is 550 g/mol. The van der Waals surface area contributed by atoms with E-state index in [9.17, 15) is 31.2 Å². The molecule has 204 valence electrons. The molecular formula is C27H30F3N3O4S. The molecule has 2 aromatic rings. The van der Waals surface area contributed by atoms with Gasteiger partial charge in [0.2, 0.25) is 5.91 Å². The van der Waals surface area contributed by atoms with Crippen LogP contribution in [-0.4, -0.2) is 55.6 Å². The van der Waals surface area contributed by atoms with Gasteiger partial charge in [0.25, 0.3) is 5.91 Å². The quantitative estimate of drug-likeness (QED) is 0.517. The second-order valence-corrected chi connectivity index (χ2v) is 12.6. The summed E-state index contributed by atoms with van der Waals surface area (Å²) in [6, 6.07) is 5.21. The van der Waals surface area contributed by atoms with Crippen molar-refractivity contribution in [2.24, 2.45) is 11.7 Å². The van der Waals surface area contributed by atoms with E-state index in [0.29, 0.717) is 37.4 Å². The molecule has 3 N–H and O–H groups in total. The minimum Gasteiger partial charge on any atom is -0.352 e. The Morgan fingerprint density at radius 2 is 1.74 bits per heavy atom. The zero-order valence-corrected chi connectivity index (χ0v) is 21.6. The molecule has 2 bridgehead atoms. The number of sulfone groups is 1. The number of amides is 2. The number of nitrogens with one attached hydrogen (secondary N) is 1. The summed E-state index contributed by atoms with van der Waals surface area (Å²) >= 11 is 0. The number of hydrogen-bond acceptors (Lipinski definition) is 5. The standard InChI is InChI=1S/C27H30F3N3O4S/c28-22-14-24(30)23(29)11-16(22)12-25(31)17-9-18-2-3-19(10-17)33(18)26(34)6-8-38(36,37)20-4-1-15-5-7-32-27(35)21(15)13-20/h1,4,11,13-14,17-19,25H,2-3,5-10,12,31H2,(H,32,35)/t17-,18+,19-,25-/m1/s1. The first kappa shape index (κ1) is 26.7. The molecule has 0 spiro atoms. The smallest absolute Gasteiger partial charge is 0.251 e. The van der Waals surface area contributed by atoms with Crippen LogP contribution in [0.4, 0.5) is 13.2 Å². The number of hydrogen-bond donors (Lipinski definition) is 2. The van der Waals surface area contributed by atoms with Crippen LogP contribution in [0.1, 0.15) is 53.6 Å². The van der Waals surface area contributed by atoms with Crippen molar-refractivity contribution in [1.82, 2.24) is 10.2 Å². The average Bonchev–Trinajstić information content (AvgIpc) is 3.15. The van der Waals surface area contributed by atoms with Crippen molar-refractivity contribution in [1.29, 1.82) is 0 Å². The maximum atomic E-state index is 14.1. The van der Waals surface area contributed by atoms with E-state index in [-0.39, 0.29) is 58.9 Å². The number of piperidine rings is 1. The number of benzene rings is 2. The van der Waals surface area contributed by atoms with E-state index in [2.05, 4.69) is 5.32 Å². The maximum absolute atomic E-state index is 14.1. The van der Waals surface area contributed by atoms with Gasteiger partial charge in [-0.1, -0.05) is 6.07 Å². The molecule has 4 atom stereocenters. The lowest BCUT2D eigenvalue weighted by molar-refractivity contribution is -0.136. The lowest BCUT2D eigenvalue weighted by atomic mass is 9.82. The highest BCUT2D eigenvalue weighted by molar-refractivity contribution is 7.91. The van der Waals surface area contributed by atoms with Crippen molar-refractivity contribution in [3.05, 3.63) is 64.5 Å². The summed E-state index contributed by atoms with van der Waals surface area (Å²) in [5.41, 5.74) is 7.53. The number of carbonyl (C=O) groups is 2. The summed E-state index contributed by atoms with van der Waals surface area (Å²) in [6.45, 7) is 0.512. The topological polar surface area (TPSA) is 110 Å². The fraction of sp³-hybridized carbons (Fsp3) is 0.481. The first-order chi connectivity index (χ1) is 18.0. The molecule has 2 aromatic carbocycles. The molecule has 0 radical (unpaired) electrons. The molecule has 2 fully saturated rings. The Hall–Kier alpha value is -2.92. The molecule has 0 aliphatic carbocycles. The molecule has 7 nitrogen and oxygen atoms in total. The van der Waals surface area contributed by atoms with Gasteiger partial charge in [-0.2, -0.15) is 0 Å². The lowest BCUT2D eigenvalue weighted by Crippen LogP contribution is -2.50. The van der Waals surface area contributed by atoms with E-state index >= 15 is 0 Å². The van der Waals surface area contributed by atoms with E-state index in [0.717, 1.165) is 24.5 Å². The molecule has 38 heavy (non-hydrogen) atoms.